The molecule has 0 saturated heterocycles. The molecule has 3 atom stereocenters. The molecule has 0 aliphatic rings. The van der Waals surface area contributed by atoms with Crippen molar-refractivity contribution in [2.75, 3.05) is 0 Å². The van der Waals surface area contributed by atoms with Crippen molar-refractivity contribution in [3.8, 4) is 0 Å². The summed E-state index contributed by atoms with van der Waals surface area (Å²) < 4.78 is 0. The third kappa shape index (κ3) is 9.08. The van der Waals surface area contributed by atoms with E-state index >= 15 is 0 Å². The molecule has 1 aromatic carbocycles. The summed E-state index contributed by atoms with van der Waals surface area (Å²) in [6, 6.07) is 0. The highest BCUT2D eigenvalue weighted by Crippen LogP contribution is 2.46. The van der Waals surface area contributed by atoms with Crippen LogP contribution < -0.4 is 0 Å². The normalized spacial score (nSPS) is 13.7. The van der Waals surface area contributed by atoms with Gasteiger partial charge in [0.15, 0.2) is 0 Å². The third-order valence-corrected chi connectivity index (χ3v) is 8.43. The minimum absolute atomic E-state index is 0.0769. The van der Waals surface area contributed by atoms with E-state index in [1.54, 1.807) is 0 Å². The Labute approximate surface area is 236 Å². The molecule has 39 heavy (non-hydrogen) atoms. The second-order valence-corrected chi connectivity index (χ2v) is 11.1. The van der Waals surface area contributed by atoms with Crippen LogP contribution in [0.3, 0.4) is 0 Å². The number of benzene rings is 1. The average molecular weight is 547 g/mol. The Hall–Kier alpha value is -2.37. The topological polar surface area (TPSA) is 112 Å². The van der Waals surface area contributed by atoms with Crippen LogP contribution in [0.2, 0.25) is 0 Å². The molecular weight excluding hydrogens is 492 g/mol. The Balaban J connectivity index is 4.33. The van der Waals surface area contributed by atoms with E-state index in [1.807, 2.05) is 20.8 Å². The fourth-order valence-electron chi connectivity index (χ4n) is 6.32. The molecule has 3 unspecified atom stereocenters. The molecule has 0 aliphatic heterocycles. The van der Waals surface area contributed by atoms with Gasteiger partial charge in [0.05, 0.1) is 16.7 Å². The first-order chi connectivity index (χ1) is 18.7. The molecule has 0 aliphatic carbocycles. The van der Waals surface area contributed by atoms with Crippen LogP contribution >= 0.6 is 0 Å². The van der Waals surface area contributed by atoms with E-state index in [-0.39, 0.29) is 40.0 Å². The number of aromatic carboxylic acids is 3. The fraction of sp³-hybridized carbons (Fsp3) is 0.727. The summed E-state index contributed by atoms with van der Waals surface area (Å²) in [5.41, 5.74) is 0.945. The summed E-state index contributed by atoms with van der Waals surface area (Å²) in [5, 5.41) is 31.9. The number of carboxylic acid groups (broad SMARTS) is 3. The summed E-state index contributed by atoms with van der Waals surface area (Å²) in [4.78, 5) is 39.1. The van der Waals surface area contributed by atoms with Crippen LogP contribution in [0, 0.1) is 0 Å². The molecule has 0 heterocycles. The van der Waals surface area contributed by atoms with Gasteiger partial charge in [0.25, 0.3) is 0 Å². The number of hydrogen-bond donors (Lipinski definition) is 3. The largest absolute Gasteiger partial charge is 0.478 e. The summed E-state index contributed by atoms with van der Waals surface area (Å²) in [6.07, 6.45) is 12.7. The minimum Gasteiger partial charge on any atom is -0.478 e. The monoisotopic (exact) mass is 546 g/mol. The van der Waals surface area contributed by atoms with E-state index in [1.165, 1.54) is 0 Å². The second-order valence-electron chi connectivity index (χ2n) is 11.1. The molecule has 0 radical (unpaired) electrons. The zero-order valence-electron chi connectivity index (χ0n) is 25.4. The molecule has 0 bridgehead atoms. The molecule has 0 fully saturated rings. The van der Waals surface area contributed by atoms with E-state index in [2.05, 4.69) is 20.8 Å². The zero-order chi connectivity index (χ0) is 29.5. The van der Waals surface area contributed by atoms with Gasteiger partial charge in [-0.3, -0.25) is 0 Å². The van der Waals surface area contributed by atoms with Crippen molar-refractivity contribution < 1.29 is 29.7 Å². The molecular formula is C33H54O6. The lowest BCUT2D eigenvalue weighted by atomic mass is 9.70. The van der Waals surface area contributed by atoms with Crippen LogP contribution in [0.5, 0.6) is 0 Å². The zero-order valence-corrected chi connectivity index (χ0v) is 25.4. The standard InChI is InChI=1S/C33H54O6/c1-7-13-16-19-22(10-4)25-26(23(11-5)20-17-14-8-2)29(32(36)37)30(33(38)39)27(28(25)31(34)35)24(12-6)21-18-15-9-3/h22-24H,7-21H2,1-6H3,(H,34,35)(H,36,37)(H,38,39). The quantitative estimate of drug-likeness (QED) is 0.132. The summed E-state index contributed by atoms with van der Waals surface area (Å²) >= 11 is 0. The smallest absolute Gasteiger partial charge is 0.336 e. The predicted octanol–water partition coefficient (Wildman–Crippen LogP) is 10.0. The lowest BCUT2D eigenvalue weighted by molar-refractivity contribution is 0.0644. The molecule has 3 N–H and O–H groups in total. The van der Waals surface area contributed by atoms with Gasteiger partial charge in [0.2, 0.25) is 0 Å². The van der Waals surface area contributed by atoms with Gasteiger partial charge < -0.3 is 15.3 Å². The molecule has 0 saturated carbocycles. The summed E-state index contributed by atoms with van der Waals surface area (Å²) in [5.74, 6) is -4.40. The van der Waals surface area contributed by atoms with Crippen LogP contribution in [0.1, 0.15) is 203 Å². The van der Waals surface area contributed by atoms with Crippen LogP contribution in [0.4, 0.5) is 0 Å². The maximum Gasteiger partial charge on any atom is 0.336 e. The van der Waals surface area contributed by atoms with Crippen molar-refractivity contribution in [3.63, 3.8) is 0 Å². The number of unbranched alkanes of at least 4 members (excludes halogenated alkanes) is 6. The van der Waals surface area contributed by atoms with Crippen molar-refractivity contribution in [1.82, 2.24) is 0 Å². The second kappa shape index (κ2) is 18.1. The van der Waals surface area contributed by atoms with Crippen LogP contribution in [-0.4, -0.2) is 33.2 Å². The Morgan fingerprint density at radius 3 is 1.03 bits per heavy atom. The number of carboxylic acids is 3. The molecule has 1 aromatic rings. The molecule has 6 heteroatoms. The van der Waals surface area contributed by atoms with Crippen LogP contribution in [-0.2, 0) is 0 Å². The van der Waals surface area contributed by atoms with Gasteiger partial charge in [-0.2, -0.15) is 0 Å². The highest BCUT2D eigenvalue weighted by molar-refractivity contribution is 6.08. The SMILES string of the molecule is CCCCCC(CC)c1c(C(=O)O)c(C(=O)O)c(C(CC)CCCCC)c(C(CC)CCCCC)c1C(=O)O. The Morgan fingerprint density at radius 2 is 0.744 bits per heavy atom. The Morgan fingerprint density at radius 1 is 0.462 bits per heavy atom. The molecule has 0 aromatic heterocycles. The van der Waals surface area contributed by atoms with Crippen molar-refractivity contribution >= 4 is 17.9 Å². The van der Waals surface area contributed by atoms with E-state index in [4.69, 9.17) is 0 Å². The van der Waals surface area contributed by atoms with E-state index in [0.29, 0.717) is 43.2 Å². The van der Waals surface area contributed by atoms with Gasteiger partial charge in [0.1, 0.15) is 0 Å². The van der Waals surface area contributed by atoms with Crippen molar-refractivity contribution in [2.24, 2.45) is 0 Å². The van der Waals surface area contributed by atoms with E-state index in [0.717, 1.165) is 64.2 Å². The summed E-state index contributed by atoms with van der Waals surface area (Å²) in [7, 11) is 0. The fourth-order valence-corrected chi connectivity index (χ4v) is 6.32. The number of rotatable bonds is 21. The first-order valence-electron chi connectivity index (χ1n) is 15.6. The first kappa shape index (κ1) is 34.7. The van der Waals surface area contributed by atoms with E-state index < -0.39 is 17.9 Å². The van der Waals surface area contributed by atoms with Gasteiger partial charge in [0, 0.05) is 0 Å². The van der Waals surface area contributed by atoms with Gasteiger partial charge >= 0.3 is 17.9 Å². The highest BCUT2D eigenvalue weighted by atomic mass is 16.4. The molecule has 0 spiro atoms. The summed E-state index contributed by atoms with van der Waals surface area (Å²) in [6.45, 7) is 12.3. The van der Waals surface area contributed by atoms with Crippen molar-refractivity contribution in [3.05, 3.63) is 33.4 Å². The number of hydrogen-bond acceptors (Lipinski definition) is 3. The Kier molecular flexibility index (Phi) is 16.1. The maximum absolute atomic E-state index is 13.2. The van der Waals surface area contributed by atoms with Crippen LogP contribution in [0.15, 0.2) is 0 Å². The van der Waals surface area contributed by atoms with Crippen molar-refractivity contribution in [2.45, 2.75) is 156 Å². The predicted molar refractivity (Wildman–Crippen MR) is 159 cm³/mol. The maximum atomic E-state index is 13.2. The van der Waals surface area contributed by atoms with Gasteiger partial charge in [-0.25, -0.2) is 14.4 Å². The molecule has 6 nitrogen and oxygen atoms in total. The lowest BCUT2D eigenvalue weighted by Gasteiger charge is -2.32. The van der Waals surface area contributed by atoms with Crippen molar-refractivity contribution in [1.29, 1.82) is 0 Å². The van der Waals surface area contributed by atoms with Gasteiger partial charge in [-0.05, 0) is 73.0 Å². The highest BCUT2D eigenvalue weighted by Gasteiger charge is 2.39. The number of carbonyl (C=O) groups is 3. The van der Waals surface area contributed by atoms with Gasteiger partial charge in [-0.15, -0.1) is 0 Å². The average Bonchev–Trinajstić information content (AvgIpc) is 2.90. The van der Waals surface area contributed by atoms with Crippen LogP contribution in [0.25, 0.3) is 0 Å². The first-order valence-corrected chi connectivity index (χ1v) is 15.6. The third-order valence-electron chi connectivity index (χ3n) is 8.43. The minimum atomic E-state index is -1.34. The van der Waals surface area contributed by atoms with Gasteiger partial charge in [-0.1, -0.05) is 99.3 Å². The van der Waals surface area contributed by atoms with E-state index in [9.17, 15) is 29.7 Å². The lowest BCUT2D eigenvalue weighted by Crippen LogP contribution is -2.26. The Bertz CT molecular complexity index is 935. The molecule has 222 valence electrons. The molecule has 0 amide bonds. The molecule has 1 rings (SSSR count).